The fourth-order valence-electron chi connectivity index (χ4n) is 4.41. The zero-order valence-corrected chi connectivity index (χ0v) is 18.3. The van der Waals surface area contributed by atoms with Crippen LogP contribution in [0.4, 0.5) is 0 Å². The molecular weight excluding hydrogens is 423 g/mol. The number of ether oxygens (including phenoxy) is 1. The molecule has 0 radical (unpaired) electrons. The zero-order valence-electron chi connectivity index (χ0n) is 16.8. The minimum Gasteiger partial charge on any atom is -0.497 e. The van der Waals surface area contributed by atoms with Crippen molar-refractivity contribution < 1.29 is 14.3 Å². The molecule has 2 aliphatic rings. The maximum atomic E-state index is 13.3. The third kappa shape index (κ3) is 4.14. The summed E-state index contributed by atoms with van der Waals surface area (Å²) in [6, 6.07) is 12.6. The Balaban J connectivity index is 1.62. The van der Waals surface area contributed by atoms with Gasteiger partial charge in [-0.15, -0.1) is 0 Å². The molecule has 158 valence electrons. The topological polar surface area (TPSA) is 49.9 Å². The van der Waals surface area contributed by atoms with E-state index in [2.05, 4.69) is 0 Å². The second kappa shape index (κ2) is 8.86. The number of benzene rings is 2. The first kappa shape index (κ1) is 21.0. The monoisotopic (exact) mass is 446 g/mol. The highest BCUT2D eigenvalue weighted by Gasteiger charge is 2.42. The van der Waals surface area contributed by atoms with Crippen LogP contribution in [0.25, 0.3) is 0 Å². The molecule has 0 N–H and O–H groups in total. The molecule has 0 bridgehead atoms. The second-order valence-corrected chi connectivity index (χ2v) is 8.70. The number of rotatable bonds is 4. The Kier molecular flexibility index (Phi) is 6.21. The lowest BCUT2D eigenvalue weighted by molar-refractivity contribution is -0.134. The molecule has 7 heteroatoms. The first-order valence-corrected chi connectivity index (χ1v) is 10.9. The van der Waals surface area contributed by atoms with Crippen LogP contribution in [0.1, 0.15) is 34.7 Å². The van der Waals surface area contributed by atoms with Crippen LogP contribution in [0.2, 0.25) is 10.0 Å². The Morgan fingerprint density at radius 3 is 2.30 bits per heavy atom. The molecule has 2 heterocycles. The molecule has 2 unspecified atom stereocenters. The van der Waals surface area contributed by atoms with Crippen molar-refractivity contribution in [1.29, 1.82) is 0 Å². The number of halogens is 2. The largest absolute Gasteiger partial charge is 0.497 e. The molecule has 2 aliphatic heterocycles. The van der Waals surface area contributed by atoms with E-state index >= 15 is 0 Å². The van der Waals surface area contributed by atoms with Gasteiger partial charge in [-0.3, -0.25) is 9.59 Å². The third-order valence-electron chi connectivity index (χ3n) is 6.05. The molecule has 2 aromatic rings. The van der Waals surface area contributed by atoms with E-state index in [1.54, 1.807) is 30.2 Å². The van der Waals surface area contributed by atoms with Gasteiger partial charge in [0.25, 0.3) is 5.91 Å². The average molecular weight is 447 g/mol. The van der Waals surface area contributed by atoms with Crippen LogP contribution in [-0.4, -0.2) is 54.9 Å². The van der Waals surface area contributed by atoms with E-state index in [1.165, 1.54) is 0 Å². The molecule has 2 amide bonds. The normalized spacial score (nSPS) is 21.2. The summed E-state index contributed by atoms with van der Waals surface area (Å²) < 4.78 is 5.26. The van der Waals surface area contributed by atoms with Crippen LogP contribution in [0.15, 0.2) is 42.5 Å². The van der Waals surface area contributed by atoms with Gasteiger partial charge >= 0.3 is 0 Å². The van der Waals surface area contributed by atoms with Gasteiger partial charge in [-0.1, -0.05) is 35.3 Å². The van der Waals surface area contributed by atoms with Crippen molar-refractivity contribution in [2.45, 2.75) is 18.8 Å². The van der Waals surface area contributed by atoms with Crippen LogP contribution in [0.5, 0.6) is 5.75 Å². The van der Waals surface area contributed by atoms with Crippen molar-refractivity contribution in [2.75, 3.05) is 33.3 Å². The first-order chi connectivity index (χ1) is 14.5. The van der Waals surface area contributed by atoms with Gasteiger partial charge in [0, 0.05) is 37.1 Å². The SMILES string of the molecule is COc1ccc(C2CN(C(=O)c3ccc(Cl)cc3Cl)CC2C(=O)N2CCCC2)cc1. The fraction of sp³-hybridized carbons (Fsp3) is 0.391. The minimum atomic E-state index is -0.272. The van der Waals surface area contributed by atoms with Gasteiger partial charge in [0.15, 0.2) is 0 Å². The number of carbonyl (C=O) groups excluding carboxylic acids is 2. The molecule has 2 fully saturated rings. The number of methoxy groups -OCH3 is 1. The number of hydrogen-bond acceptors (Lipinski definition) is 3. The summed E-state index contributed by atoms with van der Waals surface area (Å²) in [6.45, 7) is 2.43. The van der Waals surface area contributed by atoms with Gasteiger partial charge in [0.05, 0.1) is 23.6 Å². The number of amides is 2. The smallest absolute Gasteiger partial charge is 0.255 e. The van der Waals surface area contributed by atoms with Gasteiger partial charge < -0.3 is 14.5 Å². The summed E-state index contributed by atoms with van der Waals surface area (Å²) in [7, 11) is 1.63. The van der Waals surface area contributed by atoms with E-state index in [4.69, 9.17) is 27.9 Å². The van der Waals surface area contributed by atoms with Gasteiger partial charge in [-0.25, -0.2) is 0 Å². The van der Waals surface area contributed by atoms with Crippen molar-refractivity contribution in [3.8, 4) is 5.75 Å². The van der Waals surface area contributed by atoms with Gasteiger partial charge in [-0.05, 0) is 48.7 Å². The summed E-state index contributed by atoms with van der Waals surface area (Å²) in [6.07, 6.45) is 2.07. The molecule has 0 spiro atoms. The molecule has 4 rings (SSSR count). The van der Waals surface area contributed by atoms with Crippen LogP contribution in [0, 0.1) is 5.92 Å². The molecule has 5 nitrogen and oxygen atoms in total. The van der Waals surface area contributed by atoms with Gasteiger partial charge in [0.1, 0.15) is 5.75 Å². The molecule has 2 atom stereocenters. The molecule has 2 aromatic carbocycles. The number of carbonyl (C=O) groups is 2. The van der Waals surface area contributed by atoms with Crippen molar-refractivity contribution in [1.82, 2.24) is 9.80 Å². The lowest BCUT2D eigenvalue weighted by Crippen LogP contribution is -2.37. The van der Waals surface area contributed by atoms with Crippen molar-refractivity contribution in [2.24, 2.45) is 5.92 Å². The average Bonchev–Trinajstić information content (AvgIpc) is 3.43. The van der Waals surface area contributed by atoms with Crippen LogP contribution < -0.4 is 4.74 Å². The summed E-state index contributed by atoms with van der Waals surface area (Å²) in [5.74, 6) is 0.378. The molecule has 2 saturated heterocycles. The fourth-order valence-corrected chi connectivity index (χ4v) is 4.90. The zero-order chi connectivity index (χ0) is 21.3. The number of hydrogen-bond donors (Lipinski definition) is 0. The van der Waals surface area contributed by atoms with E-state index in [9.17, 15) is 9.59 Å². The molecular formula is C23H24Cl2N2O3. The predicted octanol–water partition coefficient (Wildman–Crippen LogP) is 4.48. The highest BCUT2D eigenvalue weighted by molar-refractivity contribution is 6.36. The number of nitrogens with zero attached hydrogens (tertiary/aromatic N) is 2. The summed E-state index contributed by atoms with van der Waals surface area (Å²) in [4.78, 5) is 30.2. The second-order valence-electron chi connectivity index (χ2n) is 7.85. The lowest BCUT2D eigenvalue weighted by atomic mass is 9.88. The Hall–Kier alpha value is -2.24. The summed E-state index contributed by atoms with van der Waals surface area (Å²) in [5.41, 5.74) is 1.44. The quantitative estimate of drug-likeness (QED) is 0.695. The van der Waals surface area contributed by atoms with E-state index in [-0.39, 0.29) is 23.7 Å². The number of likely N-dealkylation sites (tertiary alicyclic amines) is 2. The maximum absolute atomic E-state index is 13.3. The highest BCUT2D eigenvalue weighted by Crippen LogP contribution is 2.37. The third-order valence-corrected chi connectivity index (χ3v) is 6.60. The lowest BCUT2D eigenvalue weighted by Gasteiger charge is -2.24. The van der Waals surface area contributed by atoms with E-state index in [0.717, 1.165) is 37.2 Å². The Morgan fingerprint density at radius 1 is 0.967 bits per heavy atom. The molecule has 0 aromatic heterocycles. The predicted molar refractivity (Wildman–Crippen MR) is 117 cm³/mol. The van der Waals surface area contributed by atoms with E-state index in [1.807, 2.05) is 29.2 Å². The summed E-state index contributed by atoms with van der Waals surface area (Å²) in [5, 5.41) is 0.805. The van der Waals surface area contributed by atoms with Crippen LogP contribution >= 0.6 is 23.2 Å². The Labute approximate surface area is 186 Å². The summed E-state index contributed by atoms with van der Waals surface area (Å²) >= 11 is 12.2. The minimum absolute atomic E-state index is 0.0703. The van der Waals surface area contributed by atoms with Crippen molar-refractivity contribution >= 4 is 35.0 Å². The standard InChI is InChI=1S/C23H24Cl2N2O3/c1-30-17-7-4-15(5-8-17)19-13-27(14-20(19)23(29)26-10-2-3-11-26)22(28)18-9-6-16(24)12-21(18)25/h4-9,12,19-20H,2-3,10-11,13-14H2,1H3. The van der Waals surface area contributed by atoms with Crippen molar-refractivity contribution in [3.63, 3.8) is 0 Å². The Morgan fingerprint density at radius 2 is 1.67 bits per heavy atom. The Bertz CT molecular complexity index is 942. The van der Waals surface area contributed by atoms with Crippen LogP contribution in [0.3, 0.4) is 0 Å². The van der Waals surface area contributed by atoms with Gasteiger partial charge in [0.2, 0.25) is 5.91 Å². The van der Waals surface area contributed by atoms with E-state index < -0.39 is 0 Å². The maximum Gasteiger partial charge on any atom is 0.255 e. The molecule has 30 heavy (non-hydrogen) atoms. The molecule has 0 aliphatic carbocycles. The van der Waals surface area contributed by atoms with Crippen molar-refractivity contribution in [3.05, 3.63) is 63.6 Å². The van der Waals surface area contributed by atoms with E-state index in [0.29, 0.717) is 28.7 Å². The highest BCUT2D eigenvalue weighted by atomic mass is 35.5. The first-order valence-electron chi connectivity index (χ1n) is 10.1. The van der Waals surface area contributed by atoms with Gasteiger partial charge in [-0.2, -0.15) is 0 Å². The van der Waals surface area contributed by atoms with Crippen LogP contribution in [-0.2, 0) is 4.79 Å². The molecule has 0 saturated carbocycles.